The molecule has 0 radical (unpaired) electrons. The highest BCUT2D eigenvalue weighted by molar-refractivity contribution is 5.92. The van der Waals surface area contributed by atoms with Crippen LogP contribution in [0, 0.1) is 5.92 Å². The number of benzene rings is 1. The molecule has 124 valence electrons. The summed E-state index contributed by atoms with van der Waals surface area (Å²) in [5.74, 6) is -0.0599. The van der Waals surface area contributed by atoms with E-state index in [1.807, 2.05) is 44.2 Å². The fraction of sp³-hybridized carbons (Fsp3) is 0.471. The van der Waals surface area contributed by atoms with Crippen LogP contribution in [0.25, 0.3) is 0 Å². The molecule has 1 amide bonds. The monoisotopic (exact) mass is 316 g/mol. The molecule has 0 unspecified atom stereocenters. The number of nitrogens with one attached hydrogen (secondary N) is 1. The molecule has 23 heavy (non-hydrogen) atoms. The van der Waals surface area contributed by atoms with Gasteiger partial charge in [0.15, 0.2) is 5.69 Å². The van der Waals surface area contributed by atoms with Crippen molar-refractivity contribution in [3.63, 3.8) is 0 Å². The van der Waals surface area contributed by atoms with Crippen LogP contribution in [0.3, 0.4) is 0 Å². The van der Waals surface area contributed by atoms with Crippen molar-refractivity contribution >= 4 is 5.91 Å². The van der Waals surface area contributed by atoms with Gasteiger partial charge in [-0.3, -0.25) is 4.79 Å². The molecule has 1 aromatic carbocycles. The molecule has 0 spiro atoms. The maximum absolute atomic E-state index is 12.3. The number of aliphatic hydroxyl groups excluding tert-OH is 1. The van der Waals surface area contributed by atoms with E-state index in [1.165, 1.54) is 0 Å². The fourth-order valence-electron chi connectivity index (χ4n) is 2.40. The molecule has 6 heteroatoms. The molecule has 0 saturated heterocycles. The van der Waals surface area contributed by atoms with Crippen LogP contribution in [-0.2, 0) is 6.54 Å². The molecular weight excluding hydrogens is 292 g/mol. The van der Waals surface area contributed by atoms with Gasteiger partial charge in [0.1, 0.15) is 0 Å². The van der Waals surface area contributed by atoms with Gasteiger partial charge in [-0.1, -0.05) is 49.4 Å². The highest BCUT2D eigenvalue weighted by Crippen LogP contribution is 2.09. The van der Waals surface area contributed by atoms with Gasteiger partial charge in [0.25, 0.3) is 5.91 Å². The predicted octanol–water partition coefficient (Wildman–Crippen LogP) is 1.85. The highest BCUT2D eigenvalue weighted by atomic mass is 16.3. The van der Waals surface area contributed by atoms with E-state index in [1.54, 1.807) is 10.9 Å². The van der Waals surface area contributed by atoms with Gasteiger partial charge < -0.3 is 10.4 Å². The molecule has 0 aliphatic carbocycles. The van der Waals surface area contributed by atoms with Crippen LogP contribution in [0.15, 0.2) is 36.5 Å². The van der Waals surface area contributed by atoms with Crippen molar-refractivity contribution in [2.45, 2.75) is 39.3 Å². The van der Waals surface area contributed by atoms with Crippen LogP contribution in [0.2, 0.25) is 0 Å². The normalized spacial score (nSPS) is 13.5. The van der Waals surface area contributed by atoms with Gasteiger partial charge in [0.05, 0.1) is 12.7 Å². The molecule has 0 aliphatic heterocycles. The third-order valence-electron chi connectivity index (χ3n) is 3.79. The molecule has 2 rings (SSSR count). The van der Waals surface area contributed by atoms with Gasteiger partial charge in [-0.2, -0.15) is 0 Å². The Morgan fingerprint density at radius 2 is 2.09 bits per heavy atom. The van der Waals surface area contributed by atoms with Crippen molar-refractivity contribution < 1.29 is 9.90 Å². The van der Waals surface area contributed by atoms with E-state index in [0.717, 1.165) is 18.4 Å². The van der Waals surface area contributed by atoms with Gasteiger partial charge in [0.2, 0.25) is 0 Å². The molecule has 0 saturated carbocycles. The largest absolute Gasteiger partial charge is 0.396 e. The summed E-state index contributed by atoms with van der Waals surface area (Å²) in [5.41, 5.74) is 1.42. The maximum atomic E-state index is 12.3. The lowest BCUT2D eigenvalue weighted by Gasteiger charge is -2.19. The first-order chi connectivity index (χ1) is 11.1. The van der Waals surface area contributed by atoms with E-state index in [-0.39, 0.29) is 24.5 Å². The quantitative estimate of drug-likeness (QED) is 0.779. The lowest BCUT2D eigenvalue weighted by molar-refractivity contribution is 0.0920. The van der Waals surface area contributed by atoms with Gasteiger partial charge in [0, 0.05) is 12.6 Å². The van der Waals surface area contributed by atoms with Crippen molar-refractivity contribution in [1.29, 1.82) is 0 Å². The van der Waals surface area contributed by atoms with E-state index >= 15 is 0 Å². The Labute approximate surface area is 136 Å². The second-order valence-corrected chi connectivity index (χ2v) is 5.89. The average Bonchev–Trinajstić information content (AvgIpc) is 3.03. The van der Waals surface area contributed by atoms with E-state index in [9.17, 15) is 4.79 Å². The molecule has 1 aromatic heterocycles. The molecule has 0 aliphatic rings. The van der Waals surface area contributed by atoms with Crippen LogP contribution in [0.4, 0.5) is 0 Å². The Bertz CT molecular complexity index is 612. The van der Waals surface area contributed by atoms with E-state index < -0.39 is 0 Å². The van der Waals surface area contributed by atoms with Crippen molar-refractivity contribution in [2.24, 2.45) is 5.92 Å². The number of hydrogen-bond donors (Lipinski definition) is 2. The Morgan fingerprint density at radius 3 is 2.74 bits per heavy atom. The number of hydrogen-bond acceptors (Lipinski definition) is 4. The Hall–Kier alpha value is -2.21. The topological polar surface area (TPSA) is 80.0 Å². The number of amides is 1. The zero-order chi connectivity index (χ0) is 16.7. The number of aromatic nitrogens is 3. The second kappa shape index (κ2) is 8.43. The minimum absolute atomic E-state index is 0.0314. The van der Waals surface area contributed by atoms with Gasteiger partial charge in [-0.15, -0.1) is 5.10 Å². The van der Waals surface area contributed by atoms with E-state index in [0.29, 0.717) is 12.2 Å². The smallest absolute Gasteiger partial charge is 0.273 e. The van der Waals surface area contributed by atoms with Crippen molar-refractivity contribution in [3.05, 3.63) is 47.8 Å². The molecule has 2 atom stereocenters. The summed E-state index contributed by atoms with van der Waals surface area (Å²) in [4.78, 5) is 12.3. The predicted molar refractivity (Wildman–Crippen MR) is 88.0 cm³/mol. The van der Waals surface area contributed by atoms with Crippen molar-refractivity contribution in [3.8, 4) is 0 Å². The first-order valence-corrected chi connectivity index (χ1v) is 7.98. The van der Waals surface area contributed by atoms with Crippen molar-refractivity contribution in [2.75, 3.05) is 6.61 Å². The molecule has 2 N–H and O–H groups in total. The second-order valence-electron chi connectivity index (χ2n) is 5.89. The Kier molecular flexibility index (Phi) is 6.29. The van der Waals surface area contributed by atoms with Gasteiger partial charge in [-0.05, 0) is 24.3 Å². The Balaban J connectivity index is 1.95. The van der Waals surface area contributed by atoms with Crippen LogP contribution in [0.1, 0.15) is 42.7 Å². The zero-order valence-electron chi connectivity index (χ0n) is 13.6. The van der Waals surface area contributed by atoms with Gasteiger partial charge >= 0.3 is 0 Å². The van der Waals surface area contributed by atoms with E-state index in [4.69, 9.17) is 5.11 Å². The summed E-state index contributed by atoms with van der Waals surface area (Å²) in [5, 5.41) is 20.1. The lowest BCUT2D eigenvalue weighted by atomic mass is 10.0. The molecule has 6 nitrogen and oxygen atoms in total. The minimum atomic E-state index is -0.221. The highest BCUT2D eigenvalue weighted by Gasteiger charge is 2.17. The first-order valence-electron chi connectivity index (χ1n) is 7.98. The minimum Gasteiger partial charge on any atom is -0.396 e. The van der Waals surface area contributed by atoms with Crippen LogP contribution in [-0.4, -0.2) is 38.7 Å². The standard InChI is InChI=1S/C17H24N4O2/c1-3-15(9-13(2)12-22)18-17(23)16-11-21(20-19-16)10-14-7-5-4-6-8-14/h4-8,11,13,15,22H,3,9-10,12H2,1-2H3,(H,18,23)/t13-,15-/m1/s1. The first kappa shape index (κ1) is 17.1. The molecule has 0 fully saturated rings. The SMILES string of the molecule is CC[C@H](C[C@@H](C)CO)NC(=O)c1cn(Cc2ccccc2)nn1. The maximum Gasteiger partial charge on any atom is 0.273 e. The van der Waals surface area contributed by atoms with Crippen molar-refractivity contribution in [1.82, 2.24) is 20.3 Å². The number of aliphatic hydroxyl groups is 1. The summed E-state index contributed by atoms with van der Waals surface area (Å²) in [7, 11) is 0. The zero-order valence-corrected chi connectivity index (χ0v) is 13.6. The van der Waals surface area contributed by atoms with Crippen LogP contribution >= 0.6 is 0 Å². The van der Waals surface area contributed by atoms with Crippen LogP contribution in [0.5, 0.6) is 0 Å². The third kappa shape index (κ3) is 5.17. The molecular formula is C17H24N4O2. The third-order valence-corrected chi connectivity index (χ3v) is 3.79. The number of rotatable bonds is 8. The summed E-state index contributed by atoms with van der Waals surface area (Å²) >= 11 is 0. The summed E-state index contributed by atoms with van der Waals surface area (Å²) in [6, 6.07) is 9.93. The summed E-state index contributed by atoms with van der Waals surface area (Å²) < 4.78 is 1.65. The van der Waals surface area contributed by atoms with Crippen LogP contribution < -0.4 is 5.32 Å². The number of carbonyl (C=O) groups excluding carboxylic acids is 1. The number of nitrogens with zero attached hydrogens (tertiary/aromatic N) is 3. The summed E-state index contributed by atoms with van der Waals surface area (Å²) in [6.45, 7) is 4.69. The Morgan fingerprint density at radius 1 is 1.35 bits per heavy atom. The van der Waals surface area contributed by atoms with Gasteiger partial charge in [-0.25, -0.2) is 4.68 Å². The molecule has 2 aromatic rings. The lowest BCUT2D eigenvalue weighted by Crippen LogP contribution is -2.36. The van der Waals surface area contributed by atoms with E-state index in [2.05, 4.69) is 15.6 Å². The fourth-order valence-corrected chi connectivity index (χ4v) is 2.40. The average molecular weight is 316 g/mol. The molecule has 1 heterocycles. The summed E-state index contributed by atoms with van der Waals surface area (Å²) in [6.07, 6.45) is 3.22. The number of carbonyl (C=O) groups is 1. The molecule has 0 bridgehead atoms.